The number of benzene rings is 1. The lowest BCUT2D eigenvalue weighted by Gasteiger charge is -2.10. The molecule has 0 fully saturated rings. The molecular weight excluding hydrogens is 328 g/mol. The van der Waals surface area contributed by atoms with Gasteiger partial charge in [-0.2, -0.15) is 0 Å². The molecule has 0 amide bonds. The van der Waals surface area contributed by atoms with E-state index in [1.54, 1.807) is 13.3 Å². The monoisotopic (exact) mass is 352 g/mol. The summed E-state index contributed by atoms with van der Waals surface area (Å²) in [5, 5.41) is 7.73. The quantitative estimate of drug-likeness (QED) is 0.525. The average molecular weight is 352 g/mol. The minimum atomic E-state index is 0.533. The van der Waals surface area contributed by atoms with Crippen molar-refractivity contribution in [3.05, 3.63) is 59.5 Å². The summed E-state index contributed by atoms with van der Waals surface area (Å²) >= 11 is 0. The first-order chi connectivity index (χ1) is 12.7. The van der Waals surface area contributed by atoms with E-state index in [0.29, 0.717) is 19.0 Å². The van der Waals surface area contributed by atoms with Gasteiger partial charge in [-0.3, -0.25) is 0 Å². The molecule has 2 heterocycles. The van der Waals surface area contributed by atoms with Crippen LogP contribution in [0.3, 0.4) is 0 Å². The van der Waals surface area contributed by atoms with E-state index in [4.69, 9.17) is 9.15 Å². The van der Waals surface area contributed by atoms with Gasteiger partial charge in [0.25, 0.3) is 0 Å². The van der Waals surface area contributed by atoms with Gasteiger partial charge < -0.3 is 19.8 Å². The molecule has 2 aromatic heterocycles. The van der Waals surface area contributed by atoms with Gasteiger partial charge in [0.05, 0.1) is 20.2 Å². The molecule has 0 saturated carbocycles. The summed E-state index contributed by atoms with van der Waals surface area (Å²) in [4.78, 5) is 8.81. The second-order valence-electron chi connectivity index (χ2n) is 5.90. The number of hydrogen-bond donors (Lipinski definition) is 2. The van der Waals surface area contributed by atoms with E-state index in [0.717, 1.165) is 40.4 Å². The number of aliphatic imine (C=N–C) groups is 1. The minimum Gasteiger partial charge on any atom is -0.481 e. The number of nitrogens with zero attached hydrogens (tertiary/aromatic N) is 2. The van der Waals surface area contributed by atoms with E-state index in [-0.39, 0.29) is 0 Å². The summed E-state index contributed by atoms with van der Waals surface area (Å²) in [5.74, 6) is 2.26. The average Bonchev–Trinajstić information content (AvgIpc) is 3.00. The molecule has 6 heteroatoms. The Morgan fingerprint density at radius 1 is 1.19 bits per heavy atom. The van der Waals surface area contributed by atoms with E-state index < -0.39 is 0 Å². The molecule has 0 aliphatic heterocycles. The van der Waals surface area contributed by atoms with E-state index >= 15 is 0 Å². The number of nitrogens with one attached hydrogen (secondary N) is 2. The highest BCUT2D eigenvalue weighted by Crippen LogP contribution is 2.24. The Kier molecular flexibility index (Phi) is 5.73. The topological polar surface area (TPSA) is 71.7 Å². The number of methoxy groups -OCH3 is 1. The van der Waals surface area contributed by atoms with Crippen molar-refractivity contribution in [2.45, 2.75) is 26.9 Å². The molecule has 0 bridgehead atoms. The first-order valence-electron chi connectivity index (χ1n) is 8.69. The fourth-order valence-electron chi connectivity index (χ4n) is 2.69. The maximum atomic E-state index is 5.95. The van der Waals surface area contributed by atoms with Crippen molar-refractivity contribution in [2.24, 2.45) is 4.99 Å². The Bertz CT molecular complexity index is 884. The first-order valence-corrected chi connectivity index (χ1v) is 8.69. The summed E-state index contributed by atoms with van der Waals surface area (Å²) in [7, 11) is 1.60. The van der Waals surface area contributed by atoms with Crippen LogP contribution in [0.1, 0.15) is 23.8 Å². The molecule has 0 aliphatic carbocycles. The molecule has 0 saturated heterocycles. The molecule has 0 atom stereocenters. The van der Waals surface area contributed by atoms with Crippen LogP contribution in [0.2, 0.25) is 0 Å². The zero-order valence-electron chi connectivity index (χ0n) is 15.4. The largest absolute Gasteiger partial charge is 0.481 e. The van der Waals surface area contributed by atoms with Crippen molar-refractivity contribution in [3.63, 3.8) is 0 Å². The van der Waals surface area contributed by atoms with Crippen LogP contribution in [-0.4, -0.2) is 24.6 Å². The maximum Gasteiger partial charge on any atom is 0.212 e. The van der Waals surface area contributed by atoms with Crippen LogP contribution in [0.15, 0.2) is 52.0 Å². The van der Waals surface area contributed by atoms with Crippen molar-refractivity contribution in [1.29, 1.82) is 0 Å². The van der Waals surface area contributed by atoms with E-state index in [9.17, 15) is 0 Å². The van der Waals surface area contributed by atoms with Crippen LogP contribution in [0.4, 0.5) is 0 Å². The van der Waals surface area contributed by atoms with Gasteiger partial charge in [0.15, 0.2) is 5.96 Å². The predicted molar refractivity (Wildman–Crippen MR) is 103 cm³/mol. The SMILES string of the molecule is CCNC(=NCc1ccc(OC)nc1)NCc1oc2ccccc2c1C. The van der Waals surface area contributed by atoms with Crippen LogP contribution >= 0.6 is 0 Å². The van der Waals surface area contributed by atoms with E-state index in [1.165, 1.54) is 0 Å². The van der Waals surface area contributed by atoms with Gasteiger partial charge >= 0.3 is 0 Å². The Balaban J connectivity index is 1.67. The van der Waals surface area contributed by atoms with Gasteiger partial charge in [-0.05, 0) is 25.5 Å². The van der Waals surface area contributed by atoms with Crippen molar-refractivity contribution in [3.8, 4) is 5.88 Å². The third kappa shape index (κ3) is 4.14. The summed E-state index contributed by atoms with van der Waals surface area (Å²) in [6.07, 6.45) is 1.77. The van der Waals surface area contributed by atoms with Gasteiger partial charge in [-0.25, -0.2) is 9.98 Å². The molecule has 1 aromatic carbocycles. The lowest BCUT2D eigenvalue weighted by atomic mass is 10.1. The van der Waals surface area contributed by atoms with Crippen LogP contribution in [0, 0.1) is 6.92 Å². The zero-order chi connectivity index (χ0) is 18.4. The Labute approximate surface area is 153 Å². The smallest absolute Gasteiger partial charge is 0.212 e. The van der Waals surface area contributed by atoms with Crippen molar-refractivity contribution >= 4 is 16.9 Å². The highest BCUT2D eigenvalue weighted by atomic mass is 16.5. The number of guanidine groups is 1. The Hall–Kier alpha value is -3.02. The fraction of sp³-hybridized carbons (Fsp3) is 0.300. The van der Waals surface area contributed by atoms with Crippen LogP contribution < -0.4 is 15.4 Å². The molecule has 0 spiro atoms. The van der Waals surface area contributed by atoms with Crippen LogP contribution in [0.25, 0.3) is 11.0 Å². The van der Waals surface area contributed by atoms with Gasteiger partial charge in [0.1, 0.15) is 11.3 Å². The number of para-hydroxylation sites is 1. The summed E-state index contributed by atoms with van der Waals surface area (Å²) in [6, 6.07) is 11.9. The van der Waals surface area contributed by atoms with Crippen molar-refractivity contribution < 1.29 is 9.15 Å². The molecule has 0 radical (unpaired) electrons. The summed E-state index contributed by atoms with van der Waals surface area (Å²) < 4.78 is 11.0. The summed E-state index contributed by atoms with van der Waals surface area (Å²) in [6.45, 7) is 6.01. The number of aryl methyl sites for hydroxylation is 1. The lowest BCUT2D eigenvalue weighted by molar-refractivity contribution is 0.397. The molecule has 0 aliphatic rings. The van der Waals surface area contributed by atoms with Crippen LogP contribution in [-0.2, 0) is 13.1 Å². The van der Waals surface area contributed by atoms with E-state index in [2.05, 4.69) is 33.6 Å². The molecule has 3 aromatic rings. The highest BCUT2D eigenvalue weighted by Gasteiger charge is 2.10. The zero-order valence-corrected chi connectivity index (χ0v) is 15.4. The molecule has 3 rings (SSSR count). The standard InChI is InChI=1S/C20H24N4O2/c1-4-21-20(23-12-15-9-10-19(25-3)22-11-15)24-13-18-14(2)16-7-5-6-8-17(16)26-18/h5-11H,4,12-13H2,1-3H3,(H2,21,23,24). The number of rotatable bonds is 6. The summed E-state index contributed by atoms with van der Waals surface area (Å²) in [5.41, 5.74) is 3.08. The van der Waals surface area contributed by atoms with Crippen LogP contribution in [0.5, 0.6) is 5.88 Å². The number of furan rings is 1. The van der Waals surface area contributed by atoms with Gasteiger partial charge in [0, 0.05) is 29.8 Å². The minimum absolute atomic E-state index is 0.533. The number of pyridine rings is 1. The second-order valence-corrected chi connectivity index (χ2v) is 5.90. The van der Waals surface area contributed by atoms with Gasteiger partial charge in [-0.1, -0.05) is 24.3 Å². The molecule has 26 heavy (non-hydrogen) atoms. The first kappa shape index (κ1) is 17.8. The number of hydrogen-bond acceptors (Lipinski definition) is 4. The number of aromatic nitrogens is 1. The third-order valence-corrected chi connectivity index (χ3v) is 4.13. The Morgan fingerprint density at radius 3 is 2.73 bits per heavy atom. The molecule has 136 valence electrons. The van der Waals surface area contributed by atoms with Crippen molar-refractivity contribution in [1.82, 2.24) is 15.6 Å². The number of fused-ring (bicyclic) bond motifs is 1. The fourth-order valence-corrected chi connectivity index (χ4v) is 2.69. The predicted octanol–water partition coefficient (Wildman–Crippen LogP) is 3.40. The third-order valence-electron chi connectivity index (χ3n) is 4.13. The molecule has 2 N–H and O–H groups in total. The van der Waals surface area contributed by atoms with E-state index in [1.807, 2.05) is 37.3 Å². The number of ether oxygens (including phenoxy) is 1. The maximum absolute atomic E-state index is 5.95. The molecular formula is C20H24N4O2. The molecule has 6 nitrogen and oxygen atoms in total. The normalized spacial score (nSPS) is 11.6. The van der Waals surface area contributed by atoms with Crippen molar-refractivity contribution in [2.75, 3.05) is 13.7 Å². The second kappa shape index (κ2) is 8.38. The van der Waals surface area contributed by atoms with Gasteiger partial charge in [0.2, 0.25) is 5.88 Å². The lowest BCUT2D eigenvalue weighted by Crippen LogP contribution is -2.36. The Morgan fingerprint density at radius 2 is 2.04 bits per heavy atom. The molecule has 0 unspecified atom stereocenters. The highest BCUT2D eigenvalue weighted by molar-refractivity contribution is 5.83. The van der Waals surface area contributed by atoms with Gasteiger partial charge in [-0.15, -0.1) is 0 Å².